The minimum Gasteiger partial charge on any atom is -0.335 e. The molecule has 2 atom stereocenters. The van der Waals surface area contributed by atoms with Gasteiger partial charge in [-0.2, -0.15) is 5.10 Å². The van der Waals surface area contributed by atoms with Gasteiger partial charge in [-0.15, -0.1) is 0 Å². The summed E-state index contributed by atoms with van der Waals surface area (Å²) in [7, 11) is 0. The highest BCUT2D eigenvalue weighted by molar-refractivity contribution is 5.95. The van der Waals surface area contributed by atoms with E-state index in [-0.39, 0.29) is 17.5 Å². The molecule has 5 rings (SSSR count). The van der Waals surface area contributed by atoms with Crippen LogP contribution in [0.3, 0.4) is 0 Å². The molecule has 6 nitrogen and oxygen atoms in total. The van der Waals surface area contributed by atoms with Crippen LogP contribution in [0.15, 0.2) is 55.1 Å². The number of aromatic amines is 1. The van der Waals surface area contributed by atoms with Crippen molar-refractivity contribution in [2.75, 3.05) is 6.54 Å². The largest absolute Gasteiger partial charge is 0.335 e. The van der Waals surface area contributed by atoms with Crippen molar-refractivity contribution in [1.29, 1.82) is 0 Å². The summed E-state index contributed by atoms with van der Waals surface area (Å²) in [6, 6.07) is 7.76. The molecule has 1 aliphatic heterocycles. The predicted octanol–water partition coefficient (Wildman–Crippen LogP) is 4.26. The van der Waals surface area contributed by atoms with E-state index in [1.54, 1.807) is 11.1 Å². The minimum atomic E-state index is -1.09. The lowest BCUT2D eigenvalue weighted by Crippen LogP contribution is -2.34. The fraction of sp³-hybridized carbons (Fsp3) is 0.261. The van der Waals surface area contributed by atoms with Crippen molar-refractivity contribution in [3.63, 3.8) is 0 Å². The summed E-state index contributed by atoms with van der Waals surface area (Å²) < 4.78 is 29.7. The lowest BCUT2D eigenvalue weighted by Gasteiger charge is -2.22. The van der Waals surface area contributed by atoms with Crippen LogP contribution in [-0.2, 0) is 6.54 Å². The van der Waals surface area contributed by atoms with Crippen LogP contribution in [0.1, 0.15) is 23.7 Å². The lowest BCUT2D eigenvalue weighted by molar-refractivity contribution is 0.0736. The number of hydrogen-bond donors (Lipinski definition) is 1. The van der Waals surface area contributed by atoms with Crippen molar-refractivity contribution >= 4 is 16.9 Å². The number of amides is 1. The van der Waals surface area contributed by atoms with Crippen LogP contribution in [0, 0.1) is 17.6 Å². The van der Waals surface area contributed by atoms with E-state index in [4.69, 9.17) is 0 Å². The van der Waals surface area contributed by atoms with E-state index in [2.05, 4.69) is 25.8 Å². The summed E-state index contributed by atoms with van der Waals surface area (Å²) in [6.45, 7) is 3.13. The van der Waals surface area contributed by atoms with Crippen LogP contribution in [0.5, 0.6) is 0 Å². The molecule has 158 valence electrons. The third-order valence-corrected chi connectivity index (χ3v) is 5.99. The molecule has 1 aliphatic rings. The number of hydrogen-bond acceptors (Lipinski definition) is 3. The zero-order chi connectivity index (χ0) is 21.5. The maximum Gasteiger partial charge on any atom is 0.257 e. The lowest BCUT2D eigenvalue weighted by atomic mass is 10.1. The molecule has 1 saturated heterocycles. The van der Waals surface area contributed by atoms with Crippen molar-refractivity contribution in [3.05, 3.63) is 72.3 Å². The van der Waals surface area contributed by atoms with Crippen LogP contribution in [-0.4, -0.2) is 43.1 Å². The molecule has 3 aromatic heterocycles. The zero-order valence-electron chi connectivity index (χ0n) is 16.9. The SMILES string of the molecule is C[C@H]1CC(Cn2ccc3cc(-c4cn[nH]c4)cnc32)CN1C(=O)c1cccc(F)c1F. The highest BCUT2D eigenvalue weighted by Crippen LogP contribution is 2.29. The van der Waals surface area contributed by atoms with Gasteiger partial charge in [0.2, 0.25) is 0 Å². The van der Waals surface area contributed by atoms with Gasteiger partial charge in [0, 0.05) is 54.2 Å². The first-order valence-corrected chi connectivity index (χ1v) is 10.2. The number of carbonyl (C=O) groups is 1. The van der Waals surface area contributed by atoms with Gasteiger partial charge in [0.15, 0.2) is 11.6 Å². The normalized spacial score (nSPS) is 18.7. The molecule has 4 heterocycles. The van der Waals surface area contributed by atoms with E-state index in [1.807, 2.05) is 31.6 Å². The summed E-state index contributed by atoms with van der Waals surface area (Å²) in [5.74, 6) is -2.36. The second-order valence-electron chi connectivity index (χ2n) is 8.10. The minimum absolute atomic E-state index is 0.0531. The summed E-state index contributed by atoms with van der Waals surface area (Å²) in [4.78, 5) is 19.1. The van der Waals surface area contributed by atoms with E-state index in [0.717, 1.165) is 34.6 Å². The monoisotopic (exact) mass is 421 g/mol. The van der Waals surface area contributed by atoms with Crippen LogP contribution in [0.4, 0.5) is 8.78 Å². The van der Waals surface area contributed by atoms with Crippen LogP contribution in [0.25, 0.3) is 22.2 Å². The number of rotatable bonds is 4. The van der Waals surface area contributed by atoms with Gasteiger partial charge in [-0.25, -0.2) is 13.8 Å². The Labute approximate surface area is 177 Å². The standard InChI is InChI=1S/C23H21F2N5O/c1-14-7-15(13-30(14)23(31)19-3-2-4-20(24)21(19)25)12-29-6-5-16-8-17(9-26-22(16)29)18-10-27-28-11-18/h2-6,8-11,14-15H,7,12-13H2,1H3,(H,27,28)/t14-,15?/m0/s1. The second-order valence-corrected chi connectivity index (χ2v) is 8.10. The molecule has 0 radical (unpaired) electrons. The van der Waals surface area contributed by atoms with Gasteiger partial charge in [-0.1, -0.05) is 6.07 Å². The molecule has 4 aromatic rings. The molecule has 0 saturated carbocycles. The van der Waals surface area contributed by atoms with Crippen molar-refractivity contribution in [3.8, 4) is 11.1 Å². The quantitative estimate of drug-likeness (QED) is 0.536. The van der Waals surface area contributed by atoms with Crippen molar-refractivity contribution < 1.29 is 13.6 Å². The Kier molecular flexibility index (Phi) is 4.77. The number of pyridine rings is 1. The summed E-state index contributed by atoms with van der Waals surface area (Å²) in [5.41, 5.74) is 2.63. The van der Waals surface area contributed by atoms with Gasteiger partial charge < -0.3 is 9.47 Å². The molecule has 1 unspecified atom stereocenters. The molecule has 0 bridgehead atoms. The Hall–Kier alpha value is -3.55. The van der Waals surface area contributed by atoms with Gasteiger partial charge in [0.1, 0.15) is 5.65 Å². The molecule has 8 heteroatoms. The van der Waals surface area contributed by atoms with Gasteiger partial charge in [0.25, 0.3) is 5.91 Å². The number of likely N-dealkylation sites (tertiary alicyclic amines) is 1. The van der Waals surface area contributed by atoms with Crippen molar-refractivity contribution in [2.45, 2.75) is 25.9 Å². The highest BCUT2D eigenvalue weighted by Gasteiger charge is 2.34. The van der Waals surface area contributed by atoms with Crippen LogP contribution in [0.2, 0.25) is 0 Å². The number of H-pyrrole nitrogens is 1. The Bertz CT molecular complexity index is 1250. The van der Waals surface area contributed by atoms with Gasteiger partial charge in [-0.3, -0.25) is 9.89 Å². The Balaban J connectivity index is 1.34. The fourth-order valence-electron chi connectivity index (χ4n) is 4.45. The summed E-state index contributed by atoms with van der Waals surface area (Å²) in [6.07, 6.45) is 8.19. The molecule has 1 N–H and O–H groups in total. The van der Waals surface area contributed by atoms with Gasteiger partial charge >= 0.3 is 0 Å². The number of nitrogens with zero attached hydrogens (tertiary/aromatic N) is 4. The number of halogens is 2. The molecule has 1 fully saturated rings. The first kappa shape index (κ1) is 19.4. The molecule has 1 amide bonds. The summed E-state index contributed by atoms with van der Waals surface area (Å²) >= 11 is 0. The van der Waals surface area contributed by atoms with Crippen LogP contribution < -0.4 is 0 Å². The highest BCUT2D eigenvalue weighted by atomic mass is 19.2. The van der Waals surface area contributed by atoms with Gasteiger partial charge in [-0.05, 0) is 43.5 Å². The molecule has 1 aromatic carbocycles. The number of fused-ring (bicyclic) bond motifs is 1. The van der Waals surface area contributed by atoms with Gasteiger partial charge in [0.05, 0.1) is 11.8 Å². The topological polar surface area (TPSA) is 66.8 Å². The molecule has 31 heavy (non-hydrogen) atoms. The predicted molar refractivity (Wildman–Crippen MR) is 112 cm³/mol. The summed E-state index contributed by atoms with van der Waals surface area (Å²) in [5, 5.41) is 7.81. The first-order valence-electron chi connectivity index (χ1n) is 10.2. The smallest absolute Gasteiger partial charge is 0.257 e. The maximum atomic E-state index is 14.1. The van der Waals surface area contributed by atoms with E-state index in [1.165, 1.54) is 12.1 Å². The average molecular weight is 421 g/mol. The first-order chi connectivity index (χ1) is 15.0. The molecule has 0 spiro atoms. The molecular formula is C23H21F2N5O. The number of nitrogens with one attached hydrogen (secondary N) is 1. The third-order valence-electron chi connectivity index (χ3n) is 5.99. The van der Waals surface area contributed by atoms with E-state index in [0.29, 0.717) is 13.1 Å². The zero-order valence-corrected chi connectivity index (χ0v) is 16.9. The number of benzene rings is 1. The fourth-order valence-corrected chi connectivity index (χ4v) is 4.45. The van der Waals surface area contributed by atoms with Crippen molar-refractivity contribution in [1.82, 2.24) is 24.6 Å². The van der Waals surface area contributed by atoms with Crippen LogP contribution >= 0.6 is 0 Å². The Morgan fingerprint density at radius 2 is 2.10 bits per heavy atom. The average Bonchev–Trinajstić information content (AvgIpc) is 3.50. The Morgan fingerprint density at radius 3 is 2.90 bits per heavy atom. The maximum absolute atomic E-state index is 14.1. The molecule has 0 aliphatic carbocycles. The van der Waals surface area contributed by atoms with E-state index >= 15 is 0 Å². The van der Waals surface area contributed by atoms with Crippen molar-refractivity contribution in [2.24, 2.45) is 5.92 Å². The van der Waals surface area contributed by atoms with E-state index < -0.39 is 17.5 Å². The second kappa shape index (κ2) is 7.61. The third kappa shape index (κ3) is 3.48. The number of carbonyl (C=O) groups excluding carboxylic acids is 1. The Morgan fingerprint density at radius 1 is 1.23 bits per heavy atom. The number of aromatic nitrogens is 4. The van der Waals surface area contributed by atoms with E-state index in [9.17, 15) is 13.6 Å². The molecular weight excluding hydrogens is 400 g/mol.